The van der Waals surface area contributed by atoms with Crippen LogP contribution in [0.15, 0.2) is 0 Å². The predicted molar refractivity (Wildman–Crippen MR) is 61.1 cm³/mol. The van der Waals surface area contributed by atoms with Gasteiger partial charge in [0.25, 0.3) is 0 Å². The van der Waals surface area contributed by atoms with Gasteiger partial charge in [0.05, 0.1) is 27.1 Å². The lowest BCUT2D eigenvalue weighted by atomic mass is 10.1. The number of esters is 1. The molecule has 0 aromatic rings. The number of piperidine rings is 1. The minimum Gasteiger partial charge on any atom is -0.456 e. The zero-order valence-electron chi connectivity index (χ0n) is 9.87. The van der Waals surface area contributed by atoms with Crippen LogP contribution < -0.4 is 0 Å². The third kappa shape index (κ3) is 4.94. The fraction of sp³-hybridized carbons (Fsp3) is 0.818. The van der Waals surface area contributed by atoms with Crippen LogP contribution in [-0.2, 0) is 14.3 Å². The number of halogens is 1. The van der Waals surface area contributed by atoms with Crippen molar-refractivity contribution in [2.45, 2.75) is 31.8 Å². The molecular weight excluding hydrogens is 230 g/mol. The second-order valence-electron chi connectivity index (χ2n) is 4.95. The van der Waals surface area contributed by atoms with E-state index in [1.165, 1.54) is 0 Å². The molecule has 0 radical (unpaired) electrons. The number of rotatable bonds is 4. The van der Waals surface area contributed by atoms with Gasteiger partial charge in [-0.3, -0.25) is 9.59 Å². The Hall–Kier alpha value is -0.610. The van der Waals surface area contributed by atoms with E-state index in [4.69, 9.17) is 16.3 Å². The Morgan fingerprint density at radius 1 is 1.38 bits per heavy atom. The molecule has 16 heavy (non-hydrogen) atoms. The molecule has 0 N–H and O–H groups in total. The standard InChI is InChI=1S/C11H19ClNO3/c1-13(2)7-3-4-9(8-13)16-11(15)6-5-10(12)14/h9H,3-8H2,1-2H3/q+1. The topological polar surface area (TPSA) is 43.4 Å². The summed E-state index contributed by atoms with van der Waals surface area (Å²) in [5.41, 5.74) is 0. The van der Waals surface area contributed by atoms with Crippen molar-refractivity contribution in [3.8, 4) is 0 Å². The summed E-state index contributed by atoms with van der Waals surface area (Å²) in [5.74, 6) is -0.319. The molecule has 0 saturated carbocycles. The molecule has 1 saturated heterocycles. The molecule has 0 aromatic carbocycles. The largest absolute Gasteiger partial charge is 0.456 e. The first-order valence-electron chi connectivity index (χ1n) is 5.59. The van der Waals surface area contributed by atoms with Crippen LogP contribution in [0.1, 0.15) is 25.7 Å². The lowest BCUT2D eigenvalue weighted by molar-refractivity contribution is -0.898. The number of carbonyl (C=O) groups is 2. The summed E-state index contributed by atoms with van der Waals surface area (Å²) in [5, 5.41) is -0.489. The molecule has 1 heterocycles. The molecule has 1 aliphatic rings. The summed E-state index contributed by atoms with van der Waals surface area (Å²) in [7, 11) is 4.25. The number of likely N-dealkylation sites (N-methyl/N-ethyl adjacent to an activating group) is 1. The first-order valence-corrected chi connectivity index (χ1v) is 5.97. The van der Waals surface area contributed by atoms with Gasteiger partial charge < -0.3 is 9.22 Å². The number of likely N-dealkylation sites (tertiary alicyclic amines) is 1. The molecular formula is C11H19ClNO3+. The summed E-state index contributed by atoms with van der Waals surface area (Å²) < 4.78 is 6.19. The van der Waals surface area contributed by atoms with Crippen LogP contribution in [0.2, 0.25) is 0 Å². The Morgan fingerprint density at radius 3 is 2.62 bits per heavy atom. The maximum Gasteiger partial charge on any atom is 0.306 e. The Morgan fingerprint density at radius 2 is 2.06 bits per heavy atom. The Labute approximate surface area is 101 Å². The molecule has 92 valence electrons. The number of nitrogens with zero attached hydrogens (tertiary/aromatic N) is 1. The van der Waals surface area contributed by atoms with Gasteiger partial charge in [-0.05, 0) is 18.0 Å². The van der Waals surface area contributed by atoms with Crippen molar-refractivity contribution in [3.05, 3.63) is 0 Å². The van der Waals surface area contributed by atoms with Crippen LogP contribution in [0.3, 0.4) is 0 Å². The van der Waals surface area contributed by atoms with E-state index in [-0.39, 0.29) is 24.9 Å². The van der Waals surface area contributed by atoms with Gasteiger partial charge in [-0.1, -0.05) is 0 Å². The molecule has 0 aliphatic carbocycles. The minimum atomic E-state index is -0.489. The Bertz CT molecular complexity index is 278. The van der Waals surface area contributed by atoms with E-state index in [2.05, 4.69) is 14.1 Å². The van der Waals surface area contributed by atoms with Gasteiger partial charge in [0.15, 0.2) is 6.10 Å². The molecule has 1 unspecified atom stereocenters. The number of ether oxygens (including phenoxy) is 1. The van der Waals surface area contributed by atoms with Crippen molar-refractivity contribution >= 4 is 22.8 Å². The lowest BCUT2D eigenvalue weighted by Crippen LogP contribution is -2.50. The summed E-state index contributed by atoms with van der Waals surface area (Å²) in [6, 6.07) is 0. The predicted octanol–water partition coefficient (Wildman–Crippen LogP) is 1.31. The van der Waals surface area contributed by atoms with E-state index in [1.807, 2.05) is 0 Å². The monoisotopic (exact) mass is 248 g/mol. The summed E-state index contributed by atoms with van der Waals surface area (Å²) >= 11 is 5.16. The van der Waals surface area contributed by atoms with Crippen LogP contribution in [0.25, 0.3) is 0 Å². The number of hydrogen-bond donors (Lipinski definition) is 0. The quantitative estimate of drug-likeness (QED) is 0.428. The lowest BCUT2D eigenvalue weighted by Gasteiger charge is -2.37. The fourth-order valence-corrected chi connectivity index (χ4v) is 2.12. The van der Waals surface area contributed by atoms with Gasteiger partial charge in [0, 0.05) is 12.8 Å². The van der Waals surface area contributed by atoms with E-state index < -0.39 is 5.24 Å². The van der Waals surface area contributed by atoms with Gasteiger partial charge >= 0.3 is 5.97 Å². The molecule has 0 spiro atoms. The summed E-state index contributed by atoms with van der Waals surface area (Å²) in [6.45, 7) is 1.97. The molecule has 4 nitrogen and oxygen atoms in total. The van der Waals surface area contributed by atoms with Gasteiger partial charge in [-0.2, -0.15) is 0 Å². The van der Waals surface area contributed by atoms with Gasteiger partial charge in [0.2, 0.25) is 5.24 Å². The molecule has 1 atom stereocenters. The van der Waals surface area contributed by atoms with E-state index >= 15 is 0 Å². The highest BCUT2D eigenvalue weighted by Crippen LogP contribution is 2.17. The fourth-order valence-electron chi connectivity index (χ4n) is 2.02. The number of hydrogen-bond acceptors (Lipinski definition) is 3. The van der Waals surface area contributed by atoms with E-state index in [9.17, 15) is 9.59 Å². The second kappa shape index (κ2) is 5.64. The maximum absolute atomic E-state index is 11.4. The van der Waals surface area contributed by atoms with E-state index in [1.54, 1.807) is 0 Å². The average molecular weight is 249 g/mol. The van der Waals surface area contributed by atoms with Crippen LogP contribution in [-0.4, -0.2) is 49.0 Å². The highest BCUT2D eigenvalue weighted by atomic mass is 35.5. The number of carbonyl (C=O) groups excluding carboxylic acids is 2. The van der Waals surface area contributed by atoms with Crippen molar-refractivity contribution in [3.63, 3.8) is 0 Å². The maximum atomic E-state index is 11.4. The Balaban J connectivity index is 2.31. The highest BCUT2D eigenvalue weighted by Gasteiger charge is 2.29. The molecule has 1 fully saturated rings. The summed E-state index contributed by atoms with van der Waals surface area (Å²) in [4.78, 5) is 21.9. The van der Waals surface area contributed by atoms with E-state index in [0.717, 1.165) is 30.4 Å². The van der Waals surface area contributed by atoms with Crippen molar-refractivity contribution < 1.29 is 18.8 Å². The minimum absolute atomic E-state index is 0.0123. The van der Waals surface area contributed by atoms with Crippen LogP contribution in [0.4, 0.5) is 0 Å². The summed E-state index contributed by atoms with van der Waals surface area (Å²) in [6.07, 6.45) is 2.13. The zero-order valence-corrected chi connectivity index (χ0v) is 10.6. The van der Waals surface area contributed by atoms with Crippen LogP contribution >= 0.6 is 11.6 Å². The van der Waals surface area contributed by atoms with E-state index in [0.29, 0.717) is 0 Å². The molecule has 1 rings (SSSR count). The SMILES string of the molecule is C[N+]1(C)CCCC(OC(=O)CCC(=O)Cl)C1. The third-order valence-electron chi connectivity index (χ3n) is 2.81. The number of quaternary nitrogens is 1. The van der Waals surface area contributed by atoms with Crippen molar-refractivity contribution in [1.82, 2.24) is 0 Å². The molecule has 0 aromatic heterocycles. The van der Waals surface area contributed by atoms with Crippen molar-refractivity contribution in [2.75, 3.05) is 27.2 Å². The second-order valence-corrected chi connectivity index (χ2v) is 5.37. The van der Waals surface area contributed by atoms with Gasteiger partial charge in [-0.25, -0.2) is 0 Å². The highest BCUT2D eigenvalue weighted by molar-refractivity contribution is 6.63. The average Bonchev–Trinajstić information content (AvgIpc) is 2.13. The first kappa shape index (κ1) is 13.5. The molecule has 0 amide bonds. The van der Waals surface area contributed by atoms with Crippen molar-refractivity contribution in [2.24, 2.45) is 0 Å². The van der Waals surface area contributed by atoms with Crippen LogP contribution in [0, 0.1) is 0 Å². The molecule has 1 aliphatic heterocycles. The van der Waals surface area contributed by atoms with Gasteiger partial charge in [-0.15, -0.1) is 0 Å². The molecule has 5 heteroatoms. The Kier molecular flexibility index (Phi) is 4.74. The normalized spacial score (nSPS) is 23.8. The van der Waals surface area contributed by atoms with Gasteiger partial charge in [0.1, 0.15) is 6.54 Å². The first-order chi connectivity index (χ1) is 7.39. The third-order valence-corrected chi connectivity index (χ3v) is 3.00. The van der Waals surface area contributed by atoms with Crippen LogP contribution in [0.5, 0.6) is 0 Å². The molecule has 0 bridgehead atoms. The zero-order chi connectivity index (χ0) is 12.2. The smallest absolute Gasteiger partial charge is 0.306 e. The van der Waals surface area contributed by atoms with Crippen molar-refractivity contribution in [1.29, 1.82) is 0 Å².